The minimum absolute atomic E-state index is 0.00311. The Morgan fingerprint density at radius 2 is 1.92 bits per heavy atom. The van der Waals surface area contributed by atoms with E-state index >= 15 is 0 Å². The number of halogens is 3. The Morgan fingerprint density at radius 3 is 2.60 bits per heavy atom. The molecule has 25 heavy (non-hydrogen) atoms. The van der Waals surface area contributed by atoms with Crippen LogP contribution in [0, 0.1) is 17.5 Å². The zero-order valence-electron chi connectivity index (χ0n) is 13.7. The van der Waals surface area contributed by atoms with Gasteiger partial charge in [0.1, 0.15) is 5.60 Å². The second-order valence-electron chi connectivity index (χ2n) is 6.76. The monoisotopic (exact) mass is 358 g/mol. The van der Waals surface area contributed by atoms with Crippen LogP contribution in [0.15, 0.2) is 12.1 Å². The van der Waals surface area contributed by atoms with Gasteiger partial charge in [0.2, 0.25) is 0 Å². The standard InChI is InChI=1S/C17H21F3N2O3/c18-12-5-4-11(14(19)15(12)20)16(24)22-9-17(25,10-22)13-3-1-2-6-21(13)7-8-23/h4-5,13,23,25H,1-3,6-10H2. The van der Waals surface area contributed by atoms with Gasteiger partial charge in [-0.05, 0) is 31.5 Å². The van der Waals surface area contributed by atoms with Gasteiger partial charge in [0.15, 0.2) is 17.5 Å². The van der Waals surface area contributed by atoms with Gasteiger partial charge in [-0.3, -0.25) is 9.69 Å². The first-order valence-electron chi connectivity index (χ1n) is 8.37. The van der Waals surface area contributed by atoms with Crippen LogP contribution in [-0.2, 0) is 0 Å². The molecule has 0 bridgehead atoms. The minimum atomic E-state index is -1.68. The normalized spacial score (nSPS) is 23.4. The van der Waals surface area contributed by atoms with E-state index in [1.165, 1.54) is 4.90 Å². The summed E-state index contributed by atoms with van der Waals surface area (Å²) in [5.74, 6) is -5.32. The van der Waals surface area contributed by atoms with Crippen LogP contribution in [-0.4, -0.2) is 70.3 Å². The van der Waals surface area contributed by atoms with Gasteiger partial charge in [-0.25, -0.2) is 13.2 Å². The summed E-state index contributed by atoms with van der Waals surface area (Å²) >= 11 is 0. The summed E-state index contributed by atoms with van der Waals surface area (Å²) < 4.78 is 40.1. The maximum atomic E-state index is 13.8. The summed E-state index contributed by atoms with van der Waals surface area (Å²) in [6.07, 6.45) is 2.67. The maximum Gasteiger partial charge on any atom is 0.257 e. The summed E-state index contributed by atoms with van der Waals surface area (Å²) in [5.41, 5.74) is -1.68. The Morgan fingerprint density at radius 1 is 1.20 bits per heavy atom. The molecule has 2 N–H and O–H groups in total. The van der Waals surface area contributed by atoms with E-state index in [1.807, 2.05) is 4.90 Å². The molecule has 1 unspecified atom stereocenters. The highest BCUT2D eigenvalue weighted by Crippen LogP contribution is 2.34. The van der Waals surface area contributed by atoms with Crippen molar-refractivity contribution in [2.45, 2.75) is 30.9 Å². The SMILES string of the molecule is O=C(c1ccc(F)c(F)c1F)N1CC(O)(C2CCCCN2CCO)C1. The van der Waals surface area contributed by atoms with E-state index in [0.717, 1.165) is 31.9 Å². The molecule has 5 nitrogen and oxygen atoms in total. The Balaban J connectivity index is 1.70. The smallest absolute Gasteiger partial charge is 0.257 e. The van der Waals surface area contributed by atoms with Gasteiger partial charge < -0.3 is 15.1 Å². The zero-order chi connectivity index (χ0) is 18.2. The van der Waals surface area contributed by atoms with Gasteiger partial charge in [0.25, 0.3) is 5.91 Å². The van der Waals surface area contributed by atoms with Crippen molar-refractivity contribution in [3.63, 3.8) is 0 Å². The molecular weight excluding hydrogens is 337 g/mol. The average molecular weight is 358 g/mol. The molecule has 8 heteroatoms. The number of aliphatic hydroxyl groups is 2. The van der Waals surface area contributed by atoms with E-state index in [4.69, 9.17) is 5.11 Å². The number of carbonyl (C=O) groups excluding carboxylic acids is 1. The van der Waals surface area contributed by atoms with E-state index in [1.54, 1.807) is 0 Å². The average Bonchev–Trinajstić information content (AvgIpc) is 2.57. The Bertz CT molecular complexity index is 663. The second-order valence-corrected chi connectivity index (χ2v) is 6.76. The van der Waals surface area contributed by atoms with Crippen molar-refractivity contribution in [1.82, 2.24) is 9.80 Å². The van der Waals surface area contributed by atoms with Crippen molar-refractivity contribution in [1.29, 1.82) is 0 Å². The number of nitrogens with zero attached hydrogens (tertiary/aromatic N) is 2. The molecular formula is C17H21F3N2O3. The van der Waals surface area contributed by atoms with Crippen LogP contribution < -0.4 is 0 Å². The van der Waals surface area contributed by atoms with Crippen LogP contribution in [0.5, 0.6) is 0 Å². The molecule has 2 aliphatic heterocycles. The van der Waals surface area contributed by atoms with Crippen LogP contribution in [0.2, 0.25) is 0 Å². The number of hydrogen-bond acceptors (Lipinski definition) is 4. The third kappa shape index (κ3) is 3.26. The Labute approximate surface area is 143 Å². The number of piperidine rings is 1. The highest BCUT2D eigenvalue weighted by atomic mass is 19.2. The molecule has 1 amide bonds. The first-order valence-corrected chi connectivity index (χ1v) is 8.37. The number of carbonyl (C=O) groups is 1. The molecule has 0 spiro atoms. The fourth-order valence-corrected chi connectivity index (χ4v) is 3.83. The molecule has 0 aromatic heterocycles. The van der Waals surface area contributed by atoms with Crippen molar-refractivity contribution in [3.05, 3.63) is 35.1 Å². The molecule has 2 saturated heterocycles. The molecule has 0 aliphatic carbocycles. The largest absolute Gasteiger partial charge is 0.395 e. The molecule has 1 aromatic rings. The van der Waals surface area contributed by atoms with Gasteiger partial charge in [0.05, 0.1) is 25.3 Å². The van der Waals surface area contributed by atoms with Gasteiger partial charge >= 0.3 is 0 Å². The molecule has 2 heterocycles. The number of amides is 1. The van der Waals surface area contributed by atoms with E-state index in [2.05, 4.69) is 0 Å². The Hall–Kier alpha value is -1.64. The summed E-state index contributed by atoms with van der Waals surface area (Å²) in [7, 11) is 0. The van der Waals surface area contributed by atoms with Gasteiger partial charge in [-0.2, -0.15) is 0 Å². The van der Waals surface area contributed by atoms with E-state index in [9.17, 15) is 23.1 Å². The predicted molar refractivity (Wildman–Crippen MR) is 83.5 cm³/mol. The van der Waals surface area contributed by atoms with Crippen molar-refractivity contribution >= 4 is 5.91 Å². The molecule has 1 atom stereocenters. The molecule has 2 fully saturated rings. The fraction of sp³-hybridized carbons (Fsp3) is 0.588. The van der Waals surface area contributed by atoms with Crippen LogP contribution >= 0.6 is 0 Å². The number of benzene rings is 1. The van der Waals surface area contributed by atoms with Crippen molar-refractivity contribution in [2.24, 2.45) is 0 Å². The zero-order valence-corrected chi connectivity index (χ0v) is 13.7. The van der Waals surface area contributed by atoms with Gasteiger partial charge in [-0.1, -0.05) is 6.42 Å². The molecule has 3 rings (SSSR count). The summed E-state index contributed by atoms with van der Waals surface area (Å²) in [4.78, 5) is 15.5. The maximum absolute atomic E-state index is 13.8. The molecule has 0 radical (unpaired) electrons. The lowest BCUT2D eigenvalue weighted by molar-refractivity contribution is -0.141. The van der Waals surface area contributed by atoms with Crippen molar-refractivity contribution in [2.75, 3.05) is 32.8 Å². The number of aliphatic hydroxyl groups excluding tert-OH is 1. The number of rotatable bonds is 4. The van der Waals surface area contributed by atoms with Crippen LogP contribution in [0.1, 0.15) is 29.6 Å². The lowest BCUT2D eigenvalue weighted by Gasteiger charge is -2.54. The predicted octanol–water partition coefficient (Wildman–Crippen LogP) is 1.14. The molecule has 1 aromatic carbocycles. The summed E-state index contributed by atoms with van der Waals surface area (Å²) in [6, 6.07) is 1.43. The first-order chi connectivity index (χ1) is 11.9. The Kier molecular flexibility index (Phi) is 5.04. The van der Waals surface area contributed by atoms with Crippen LogP contribution in [0.25, 0.3) is 0 Å². The van der Waals surface area contributed by atoms with E-state index in [-0.39, 0.29) is 25.7 Å². The third-order valence-electron chi connectivity index (χ3n) is 5.10. The number of hydrogen-bond donors (Lipinski definition) is 2. The highest BCUT2D eigenvalue weighted by molar-refractivity contribution is 5.95. The number of β-amino-alcohol motifs (C(OH)–C–C–N with tert-alkyl or cyclic N) is 2. The van der Waals surface area contributed by atoms with Crippen molar-refractivity contribution in [3.8, 4) is 0 Å². The minimum Gasteiger partial charge on any atom is -0.395 e. The summed E-state index contributed by atoms with van der Waals surface area (Å²) in [6.45, 7) is 1.18. The van der Waals surface area contributed by atoms with E-state index < -0.39 is 34.5 Å². The van der Waals surface area contributed by atoms with Crippen molar-refractivity contribution < 1.29 is 28.2 Å². The quantitative estimate of drug-likeness (QED) is 0.793. The second kappa shape index (κ2) is 6.93. The molecule has 2 aliphatic rings. The molecule has 0 saturated carbocycles. The fourth-order valence-electron chi connectivity index (χ4n) is 3.83. The lowest BCUT2D eigenvalue weighted by Crippen LogP contribution is -2.72. The number of likely N-dealkylation sites (tertiary alicyclic amines) is 2. The third-order valence-corrected chi connectivity index (χ3v) is 5.10. The van der Waals surface area contributed by atoms with Gasteiger partial charge in [-0.15, -0.1) is 0 Å². The first kappa shape index (κ1) is 18.2. The van der Waals surface area contributed by atoms with E-state index in [0.29, 0.717) is 12.6 Å². The summed E-state index contributed by atoms with van der Waals surface area (Å²) in [5, 5.41) is 20.0. The lowest BCUT2D eigenvalue weighted by atomic mass is 9.80. The topological polar surface area (TPSA) is 64.0 Å². The van der Waals surface area contributed by atoms with Crippen LogP contribution in [0.4, 0.5) is 13.2 Å². The molecule has 138 valence electrons. The highest BCUT2D eigenvalue weighted by Gasteiger charge is 2.51. The van der Waals surface area contributed by atoms with Gasteiger partial charge in [0, 0.05) is 12.6 Å². The van der Waals surface area contributed by atoms with Crippen LogP contribution in [0.3, 0.4) is 0 Å².